The van der Waals surface area contributed by atoms with Gasteiger partial charge in [0.2, 0.25) is 0 Å². The second-order valence-corrected chi connectivity index (χ2v) is 5.61. The van der Waals surface area contributed by atoms with Crippen LogP contribution in [0.3, 0.4) is 0 Å². The standard InChI is InChI=1S/C18H24N2O/c1-14(21)11-18(16-7-4-3-5-8-16)13-20-15(2)17-9-6-10-19-12-17/h3-10,12,14-15,18,20-21H,11,13H2,1-2H3. The number of hydrogen-bond donors (Lipinski definition) is 2. The third-order valence-corrected chi connectivity index (χ3v) is 3.75. The molecule has 0 aliphatic rings. The predicted octanol–water partition coefficient (Wildman–Crippen LogP) is 3.29. The van der Waals surface area contributed by atoms with E-state index in [1.54, 1.807) is 6.20 Å². The highest BCUT2D eigenvalue weighted by Crippen LogP contribution is 2.22. The molecule has 0 saturated heterocycles. The Bertz CT molecular complexity index is 513. The summed E-state index contributed by atoms with van der Waals surface area (Å²) < 4.78 is 0. The van der Waals surface area contributed by atoms with Crippen molar-refractivity contribution >= 4 is 0 Å². The van der Waals surface area contributed by atoms with E-state index in [0.717, 1.165) is 13.0 Å². The molecule has 3 nitrogen and oxygen atoms in total. The molecule has 3 heteroatoms. The molecule has 2 rings (SSSR count). The smallest absolute Gasteiger partial charge is 0.0518 e. The van der Waals surface area contributed by atoms with E-state index in [4.69, 9.17) is 0 Å². The number of nitrogens with zero attached hydrogens (tertiary/aromatic N) is 1. The Morgan fingerprint density at radius 1 is 1.05 bits per heavy atom. The van der Waals surface area contributed by atoms with E-state index >= 15 is 0 Å². The Labute approximate surface area is 127 Å². The summed E-state index contributed by atoms with van der Waals surface area (Å²) in [6.45, 7) is 4.83. The van der Waals surface area contributed by atoms with Crippen molar-refractivity contribution in [2.75, 3.05) is 6.54 Å². The summed E-state index contributed by atoms with van der Waals surface area (Å²) in [5.74, 6) is 0.310. The van der Waals surface area contributed by atoms with Crippen LogP contribution in [-0.4, -0.2) is 22.7 Å². The van der Waals surface area contributed by atoms with Crippen LogP contribution in [0.1, 0.15) is 43.4 Å². The molecule has 2 aromatic rings. The first-order valence-electron chi connectivity index (χ1n) is 7.53. The van der Waals surface area contributed by atoms with Gasteiger partial charge in [0.15, 0.2) is 0 Å². The molecule has 0 spiro atoms. The van der Waals surface area contributed by atoms with E-state index in [0.29, 0.717) is 5.92 Å². The predicted molar refractivity (Wildman–Crippen MR) is 86.1 cm³/mol. The minimum Gasteiger partial charge on any atom is -0.393 e. The van der Waals surface area contributed by atoms with Crippen LogP contribution in [0.15, 0.2) is 54.9 Å². The van der Waals surface area contributed by atoms with Gasteiger partial charge >= 0.3 is 0 Å². The topological polar surface area (TPSA) is 45.1 Å². The normalized spacial score (nSPS) is 15.4. The Morgan fingerprint density at radius 2 is 1.76 bits per heavy atom. The highest BCUT2D eigenvalue weighted by molar-refractivity contribution is 5.20. The summed E-state index contributed by atoms with van der Waals surface area (Å²) in [5.41, 5.74) is 2.45. The zero-order valence-electron chi connectivity index (χ0n) is 12.7. The van der Waals surface area contributed by atoms with E-state index in [1.807, 2.05) is 25.3 Å². The lowest BCUT2D eigenvalue weighted by Gasteiger charge is -2.22. The maximum Gasteiger partial charge on any atom is 0.0518 e. The number of aliphatic hydroxyl groups is 1. The Morgan fingerprint density at radius 3 is 2.38 bits per heavy atom. The van der Waals surface area contributed by atoms with Crippen LogP contribution < -0.4 is 5.32 Å². The molecule has 0 aliphatic carbocycles. The minimum absolute atomic E-state index is 0.249. The zero-order chi connectivity index (χ0) is 15.1. The molecule has 21 heavy (non-hydrogen) atoms. The van der Waals surface area contributed by atoms with Crippen LogP contribution in [0.25, 0.3) is 0 Å². The number of hydrogen-bond acceptors (Lipinski definition) is 3. The van der Waals surface area contributed by atoms with E-state index in [9.17, 15) is 5.11 Å². The lowest BCUT2D eigenvalue weighted by molar-refractivity contribution is 0.173. The van der Waals surface area contributed by atoms with Gasteiger partial charge in [0, 0.05) is 25.0 Å². The van der Waals surface area contributed by atoms with Gasteiger partial charge in [0.05, 0.1) is 6.10 Å². The average Bonchev–Trinajstić information content (AvgIpc) is 2.52. The number of benzene rings is 1. The molecule has 1 heterocycles. The van der Waals surface area contributed by atoms with Crippen molar-refractivity contribution in [1.82, 2.24) is 10.3 Å². The van der Waals surface area contributed by atoms with Gasteiger partial charge in [-0.15, -0.1) is 0 Å². The molecule has 3 unspecified atom stereocenters. The van der Waals surface area contributed by atoms with Crippen molar-refractivity contribution in [2.24, 2.45) is 0 Å². The van der Waals surface area contributed by atoms with Crippen molar-refractivity contribution in [3.8, 4) is 0 Å². The Balaban J connectivity index is 1.99. The van der Waals surface area contributed by atoms with E-state index in [1.165, 1.54) is 11.1 Å². The Kier molecular flexibility index (Phi) is 5.90. The van der Waals surface area contributed by atoms with Gasteiger partial charge in [0.1, 0.15) is 0 Å². The molecule has 112 valence electrons. The molecule has 0 amide bonds. The van der Waals surface area contributed by atoms with Crippen LogP contribution in [0.4, 0.5) is 0 Å². The summed E-state index contributed by atoms with van der Waals surface area (Å²) in [7, 11) is 0. The van der Waals surface area contributed by atoms with Gasteiger partial charge in [-0.3, -0.25) is 4.98 Å². The Hall–Kier alpha value is -1.71. The maximum atomic E-state index is 9.73. The fourth-order valence-electron chi connectivity index (χ4n) is 2.54. The van der Waals surface area contributed by atoms with Gasteiger partial charge in [-0.05, 0) is 43.4 Å². The first-order valence-corrected chi connectivity index (χ1v) is 7.53. The summed E-state index contributed by atoms with van der Waals surface area (Å²) in [4.78, 5) is 4.16. The summed E-state index contributed by atoms with van der Waals surface area (Å²) in [5, 5.41) is 13.3. The highest BCUT2D eigenvalue weighted by Gasteiger charge is 2.15. The molecular formula is C18H24N2O. The minimum atomic E-state index is -0.300. The van der Waals surface area contributed by atoms with E-state index < -0.39 is 0 Å². The molecule has 0 radical (unpaired) electrons. The molecule has 0 bridgehead atoms. The van der Waals surface area contributed by atoms with E-state index in [-0.39, 0.29) is 12.1 Å². The third-order valence-electron chi connectivity index (χ3n) is 3.75. The fourth-order valence-corrected chi connectivity index (χ4v) is 2.54. The first-order chi connectivity index (χ1) is 10.2. The molecule has 2 N–H and O–H groups in total. The number of aliphatic hydroxyl groups excluding tert-OH is 1. The molecule has 0 fully saturated rings. The summed E-state index contributed by atoms with van der Waals surface area (Å²) >= 11 is 0. The first kappa shape index (κ1) is 15.7. The largest absolute Gasteiger partial charge is 0.393 e. The third kappa shape index (κ3) is 4.96. The van der Waals surface area contributed by atoms with Gasteiger partial charge in [-0.2, -0.15) is 0 Å². The number of aromatic nitrogens is 1. The number of nitrogens with one attached hydrogen (secondary N) is 1. The van der Waals surface area contributed by atoms with Crippen molar-refractivity contribution in [3.63, 3.8) is 0 Å². The van der Waals surface area contributed by atoms with Gasteiger partial charge < -0.3 is 10.4 Å². The lowest BCUT2D eigenvalue weighted by atomic mass is 9.93. The van der Waals surface area contributed by atoms with E-state index in [2.05, 4.69) is 47.6 Å². The molecule has 3 atom stereocenters. The second-order valence-electron chi connectivity index (χ2n) is 5.61. The number of pyridine rings is 1. The van der Waals surface area contributed by atoms with Gasteiger partial charge in [0.25, 0.3) is 0 Å². The summed E-state index contributed by atoms with van der Waals surface area (Å²) in [6.07, 6.45) is 4.14. The maximum absolute atomic E-state index is 9.73. The zero-order valence-corrected chi connectivity index (χ0v) is 12.7. The van der Waals surface area contributed by atoms with Crippen molar-refractivity contribution in [2.45, 2.75) is 38.3 Å². The molecule has 1 aromatic heterocycles. The quantitative estimate of drug-likeness (QED) is 0.820. The van der Waals surface area contributed by atoms with Crippen LogP contribution >= 0.6 is 0 Å². The van der Waals surface area contributed by atoms with Crippen LogP contribution in [0, 0.1) is 0 Å². The molecule has 1 aromatic carbocycles. The molecule has 0 aliphatic heterocycles. The highest BCUT2D eigenvalue weighted by atomic mass is 16.3. The van der Waals surface area contributed by atoms with Gasteiger partial charge in [-0.1, -0.05) is 36.4 Å². The van der Waals surface area contributed by atoms with Gasteiger partial charge in [-0.25, -0.2) is 0 Å². The summed E-state index contributed by atoms with van der Waals surface area (Å²) in [6, 6.07) is 14.7. The molecular weight excluding hydrogens is 260 g/mol. The monoisotopic (exact) mass is 284 g/mol. The number of rotatable bonds is 7. The SMILES string of the molecule is CC(O)CC(CNC(C)c1cccnc1)c1ccccc1. The van der Waals surface area contributed by atoms with Crippen molar-refractivity contribution in [1.29, 1.82) is 0 Å². The van der Waals surface area contributed by atoms with Crippen LogP contribution in [0.2, 0.25) is 0 Å². The van der Waals surface area contributed by atoms with Crippen molar-refractivity contribution in [3.05, 3.63) is 66.0 Å². The average molecular weight is 284 g/mol. The lowest BCUT2D eigenvalue weighted by Crippen LogP contribution is -2.26. The molecule has 0 saturated carbocycles. The van der Waals surface area contributed by atoms with Crippen LogP contribution in [0.5, 0.6) is 0 Å². The second kappa shape index (κ2) is 7.91. The van der Waals surface area contributed by atoms with Crippen molar-refractivity contribution < 1.29 is 5.11 Å². The van der Waals surface area contributed by atoms with Crippen LogP contribution in [-0.2, 0) is 0 Å². The fraction of sp³-hybridized carbons (Fsp3) is 0.389.